The third-order valence-corrected chi connectivity index (χ3v) is 5.52. The molecule has 2 aromatic rings. The van der Waals surface area contributed by atoms with Crippen LogP contribution in [0.1, 0.15) is 31.0 Å². The van der Waals surface area contributed by atoms with E-state index in [1.807, 2.05) is 50.2 Å². The summed E-state index contributed by atoms with van der Waals surface area (Å²) in [6, 6.07) is 11.7. The van der Waals surface area contributed by atoms with Crippen LogP contribution < -0.4 is 30.4 Å². The van der Waals surface area contributed by atoms with Crippen LogP contribution in [0, 0.1) is 0 Å². The largest absolute Gasteiger partial charge is 0.490 e. The van der Waals surface area contributed by atoms with Crippen LogP contribution in [0.4, 0.5) is 10.5 Å². The number of aliphatic hydroxyl groups is 1. The molecule has 0 aliphatic carbocycles. The van der Waals surface area contributed by atoms with Crippen molar-refractivity contribution in [2.24, 2.45) is 5.10 Å². The van der Waals surface area contributed by atoms with Gasteiger partial charge in [-0.05, 0) is 49.2 Å². The molecule has 0 aromatic heterocycles. The van der Waals surface area contributed by atoms with E-state index in [0.29, 0.717) is 29.4 Å². The Morgan fingerprint density at radius 3 is 2.57 bits per heavy atom. The summed E-state index contributed by atoms with van der Waals surface area (Å²) in [6.45, 7) is 3.71. The van der Waals surface area contributed by atoms with Crippen LogP contribution in [-0.2, 0) is 9.53 Å². The van der Waals surface area contributed by atoms with Crippen LogP contribution in [0.25, 0.3) is 0 Å². The number of methoxy groups -OCH3 is 1. The Morgan fingerprint density at radius 2 is 1.92 bits per heavy atom. The zero-order valence-corrected chi connectivity index (χ0v) is 21.6. The van der Waals surface area contributed by atoms with Crippen LogP contribution >= 0.6 is 0 Å². The number of benzene rings is 2. The molecule has 198 valence electrons. The highest BCUT2D eigenvalue weighted by Gasteiger charge is 2.32. The van der Waals surface area contributed by atoms with Gasteiger partial charge in [-0.2, -0.15) is 5.10 Å². The molecule has 1 aliphatic rings. The quantitative estimate of drug-likeness (QED) is 0.156. The fraction of sp³-hybridized carbons (Fsp3) is 0.346. The number of carbonyl (C=O) groups excluding carboxylic acids is 2. The molecule has 0 saturated carbocycles. The third kappa shape index (κ3) is 7.14. The number of nitrogens with zero attached hydrogens (tertiary/aromatic N) is 2. The van der Waals surface area contributed by atoms with Crippen molar-refractivity contribution in [1.29, 1.82) is 0 Å². The van der Waals surface area contributed by atoms with Crippen molar-refractivity contribution >= 4 is 23.9 Å². The van der Waals surface area contributed by atoms with Gasteiger partial charge in [-0.1, -0.05) is 18.2 Å². The van der Waals surface area contributed by atoms with Gasteiger partial charge in [-0.15, -0.1) is 0 Å². The number of hydrogen-bond acceptors (Lipinski definition) is 9. The molecule has 11 heteroatoms. The van der Waals surface area contributed by atoms with Gasteiger partial charge in [0.25, 0.3) is 0 Å². The summed E-state index contributed by atoms with van der Waals surface area (Å²) in [7, 11) is 5.21. The number of hydrazone groups is 1. The number of carbonyl (C=O) groups is 2. The molecule has 1 heterocycles. The van der Waals surface area contributed by atoms with Crippen molar-refractivity contribution in [2.75, 3.05) is 39.3 Å². The topological polar surface area (TPSA) is 134 Å². The predicted molar refractivity (Wildman–Crippen MR) is 140 cm³/mol. The molecule has 37 heavy (non-hydrogen) atoms. The second kappa shape index (κ2) is 12.6. The van der Waals surface area contributed by atoms with E-state index in [9.17, 15) is 14.7 Å². The summed E-state index contributed by atoms with van der Waals surface area (Å²) in [5.74, 6) is 0.221. The van der Waals surface area contributed by atoms with Crippen LogP contribution in [-0.4, -0.2) is 64.0 Å². The minimum absolute atomic E-state index is 0.104. The van der Waals surface area contributed by atoms with E-state index in [-0.39, 0.29) is 12.2 Å². The molecule has 2 aromatic carbocycles. The van der Waals surface area contributed by atoms with E-state index in [1.54, 1.807) is 31.3 Å². The number of esters is 1. The Balaban J connectivity index is 1.67. The van der Waals surface area contributed by atoms with Crippen molar-refractivity contribution in [3.63, 3.8) is 0 Å². The SMILES string of the molecule is CCOc1cc([C@H]2NC(=O)NC(C)=C2C(=O)OC)ccc1OC[C@@H](O)N/N=C\c1ccc(N(C)C)cc1. The smallest absolute Gasteiger partial charge is 0.337 e. The molecule has 0 unspecified atom stereocenters. The number of ether oxygens (including phenoxy) is 3. The van der Waals surface area contributed by atoms with Crippen LogP contribution in [0.5, 0.6) is 11.5 Å². The highest BCUT2D eigenvalue weighted by atomic mass is 16.5. The first-order chi connectivity index (χ1) is 17.7. The zero-order chi connectivity index (χ0) is 26.9. The van der Waals surface area contributed by atoms with E-state index in [2.05, 4.69) is 21.2 Å². The van der Waals surface area contributed by atoms with Gasteiger partial charge < -0.3 is 34.9 Å². The average molecular weight is 512 g/mol. The summed E-state index contributed by atoms with van der Waals surface area (Å²) < 4.78 is 16.4. The maximum absolute atomic E-state index is 12.4. The number of allylic oxidation sites excluding steroid dienone is 1. The van der Waals surface area contributed by atoms with Gasteiger partial charge in [0.05, 0.1) is 31.5 Å². The summed E-state index contributed by atoms with van der Waals surface area (Å²) in [5, 5.41) is 19.6. The lowest BCUT2D eigenvalue weighted by molar-refractivity contribution is -0.136. The van der Waals surface area contributed by atoms with Crippen molar-refractivity contribution < 1.29 is 28.9 Å². The van der Waals surface area contributed by atoms with Crippen molar-refractivity contribution in [3.8, 4) is 11.5 Å². The molecule has 1 aliphatic heterocycles. The average Bonchev–Trinajstić information content (AvgIpc) is 2.87. The fourth-order valence-corrected chi connectivity index (χ4v) is 3.68. The zero-order valence-electron chi connectivity index (χ0n) is 21.6. The molecule has 11 nitrogen and oxygen atoms in total. The Labute approximate surface area is 216 Å². The van der Waals surface area contributed by atoms with Crippen LogP contribution in [0.3, 0.4) is 0 Å². The number of hydrogen-bond donors (Lipinski definition) is 4. The Hall–Kier alpha value is -4.25. The molecule has 0 bridgehead atoms. The number of anilines is 1. The molecule has 4 N–H and O–H groups in total. The lowest BCUT2D eigenvalue weighted by Crippen LogP contribution is -2.45. The van der Waals surface area contributed by atoms with Gasteiger partial charge in [0.2, 0.25) is 0 Å². The van der Waals surface area contributed by atoms with E-state index >= 15 is 0 Å². The highest BCUT2D eigenvalue weighted by Crippen LogP contribution is 2.34. The van der Waals surface area contributed by atoms with Gasteiger partial charge in [0.1, 0.15) is 6.61 Å². The molecule has 3 rings (SSSR count). The summed E-state index contributed by atoms with van der Waals surface area (Å²) >= 11 is 0. The minimum atomic E-state index is -1.08. The van der Waals surface area contributed by atoms with Crippen LogP contribution in [0.15, 0.2) is 58.8 Å². The van der Waals surface area contributed by atoms with Crippen molar-refractivity contribution in [3.05, 3.63) is 64.9 Å². The highest BCUT2D eigenvalue weighted by molar-refractivity contribution is 5.95. The normalized spacial score (nSPS) is 16.1. The second-order valence-corrected chi connectivity index (χ2v) is 8.40. The monoisotopic (exact) mass is 511 g/mol. The number of urea groups is 1. The van der Waals surface area contributed by atoms with Crippen molar-refractivity contribution in [2.45, 2.75) is 26.1 Å². The van der Waals surface area contributed by atoms with Gasteiger partial charge in [0, 0.05) is 25.5 Å². The second-order valence-electron chi connectivity index (χ2n) is 8.40. The minimum Gasteiger partial charge on any atom is -0.490 e. The van der Waals surface area contributed by atoms with Gasteiger partial charge in [0.15, 0.2) is 17.7 Å². The Bertz CT molecular complexity index is 1160. The Morgan fingerprint density at radius 1 is 1.19 bits per heavy atom. The van der Waals surface area contributed by atoms with Crippen LogP contribution in [0.2, 0.25) is 0 Å². The maximum Gasteiger partial charge on any atom is 0.337 e. The molecule has 2 atom stereocenters. The first-order valence-electron chi connectivity index (χ1n) is 11.7. The molecule has 0 fully saturated rings. The molecule has 0 spiro atoms. The fourth-order valence-electron chi connectivity index (χ4n) is 3.68. The number of rotatable bonds is 11. The number of nitrogens with one attached hydrogen (secondary N) is 3. The summed E-state index contributed by atoms with van der Waals surface area (Å²) in [4.78, 5) is 26.4. The molecule has 0 saturated heterocycles. The van der Waals surface area contributed by atoms with Crippen molar-refractivity contribution in [1.82, 2.24) is 16.1 Å². The number of aliphatic hydroxyl groups excluding tert-OH is 1. The lowest BCUT2D eigenvalue weighted by Gasteiger charge is -2.28. The van der Waals surface area contributed by atoms with Gasteiger partial charge in [-0.3, -0.25) is 5.43 Å². The first kappa shape index (κ1) is 27.3. The maximum atomic E-state index is 12.4. The first-order valence-corrected chi connectivity index (χ1v) is 11.7. The molecule has 2 amide bonds. The standard InChI is InChI=1S/C26H33N5O6/c1-6-36-21-13-18(24-23(25(33)35-5)16(2)28-26(34)29-24)9-12-20(21)37-15-22(32)30-27-14-17-7-10-19(11-8-17)31(3)4/h7-14,22,24,30,32H,6,15H2,1-5H3,(H2,28,29,34)/b27-14-/t22-,24-/m1/s1. The van der Waals surface area contributed by atoms with Gasteiger partial charge in [-0.25, -0.2) is 9.59 Å². The molecular weight excluding hydrogens is 478 g/mol. The molecule has 0 radical (unpaired) electrons. The third-order valence-electron chi connectivity index (χ3n) is 5.52. The van der Waals surface area contributed by atoms with E-state index < -0.39 is 24.3 Å². The summed E-state index contributed by atoms with van der Waals surface area (Å²) in [5.41, 5.74) is 5.87. The van der Waals surface area contributed by atoms with E-state index in [4.69, 9.17) is 14.2 Å². The van der Waals surface area contributed by atoms with E-state index in [0.717, 1.165) is 11.3 Å². The lowest BCUT2D eigenvalue weighted by atomic mass is 9.95. The predicted octanol–water partition coefficient (Wildman–Crippen LogP) is 2.27. The number of amides is 2. The molecular formula is C26H33N5O6. The van der Waals surface area contributed by atoms with E-state index in [1.165, 1.54) is 7.11 Å². The summed E-state index contributed by atoms with van der Waals surface area (Å²) in [6.07, 6.45) is 0.525. The van der Waals surface area contributed by atoms with Gasteiger partial charge >= 0.3 is 12.0 Å². The Kier molecular flexibility index (Phi) is 9.33.